The maximum atomic E-state index is 11.1. The first-order valence-electron chi connectivity index (χ1n) is 23.4. The van der Waals surface area contributed by atoms with Crippen molar-refractivity contribution in [2.75, 3.05) is 40.2 Å². The fourth-order valence-electron chi connectivity index (χ4n) is 11.1. The van der Waals surface area contributed by atoms with Gasteiger partial charge in [-0.2, -0.15) is 0 Å². The first kappa shape index (κ1) is 44.4. The van der Waals surface area contributed by atoms with Crippen molar-refractivity contribution in [3.8, 4) is 39.9 Å². The summed E-state index contributed by atoms with van der Waals surface area (Å²) in [6, 6.07) is 20.1. The number of aliphatic hydroxyl groups is 2. The smallest absolute Gasteiger partial charge is 0.160 e. The molecule has 8 N–H and O–H groups in total. The third-order valence-corrected chi connectivity index (χ3v) is 14.0. The van der Waals surface area contributed by atoms with Gasteiger partial charge in [-0.1, -0.05) is 44.9 Å². The van der Waals surface area contributed by atoms with Crippen molar-refractivity contribution >= 4 is 10.9 Å². The van der Waals surface area contributed by atoms with Crippen LogP contribution in [-0.4, -0.2) is 89.0 Å². The summed E-state index contributed by atoms with van der Waals surface area (Å²) in [4.78, 5) is 3.32. The quantitative estimate of drug-likeness (QED) is 0.0341. The number of hydrogen-bond donors (Lipinski definition) is 8. The summed E-state index contributed by atoms with van der Waals surface area (Å²) < 4.78 is 27.3. The summed E-state index contributed by atoms with van der Waals surface area (Å²) in [7, 11) is 1.55. The van der Waals surface area contributed by atoms with E-state index in [0.29, 0.717) is 76.3 Å². The molecule has 0 amide bonds. The molecule has 64 heavy (non-hydrogen) atoms. The molecule has 0 unspecified atom stereocenters. The van der Waals surface area contributed by atoms with Gasteiger partial charge in [0.15, 0.2) is 17.6 Å². The molecule has 342 valence electrons. The van der Waals surface area contributed by atoms with Gasteiger partial charge in [0.2, 0.25) is 0 Å². The lowest BCUT2D eigenvalue weighted by Gasteiger charge is -2.47. The van der Waals surface area contributed by atoms with E-state index < -0.39 is 17.3 Å². The molecular weight excluding hydrogens is 809 g/mol. The highest BCUT2D eigenvalue weighted by Crippen LogP contribution is 2.57. The van der Waals surface area contributed by atoms with E-state index >= 15 is 0 Å². The van der Waals surface area contributed by atoms with Gasteiger partial charge in [0.25, 0.3) is 0 Å². The van der Waals surface area contributed by atoms with Crippen molar-refractivity contribution < 1.29 is 39.4 Å². The second kappa shape index (κ2) is 18.6. The number of ether oxygens (including phenoxy) is 4. The fraction of sp³-hybridized carbons (Fsp3) is 0.500. The standard InChI is InChI=1S/C52H66N4O8/c1-31(2)24-51(3,60)27-53-29-54-28-52(62-30-56-36-7-5-6-8-36)25-43-42-21-35(20-32-9-15-44-33(19-32)17-18-55-44)41-23-37(58)11-13-39(41)47(42)49-40(14-12-38(26-57)63-49)48(43)64-50(52)34-10-16-45(59)46(22-34)61-4/h9-11,13,15-19,22-23,31,35-36,38,50,53-60H,5-8,12,14,20-21,24-30H2,1-4H3/t35-,38+,50+,51-,52-/m0/s1. The van der Waals surface area contributed by atoms with Crippen molar-refractivity contribution in [3.63, 3.8) is 0 Å². The van der Waals surface area contributed by atoms with Crippen LogP contribution < -0.4 is 30.2 Å². The lowest BCUT2D eigenvalue weighted by Crippen LogP contribution is -2.56. The first-order valence-corrected chi connectivity index (χ1v) is 23.4. The van der Waals surface area contributed by atoms with E-state index in [9.17, 15) is 20.4 Å². The van der Waals surface area contributed by atoms with Gasteiger partial charge < -0.3 is 55.0 Å². The van der Waals surface area contributed by atoms with E-state index in [1.54, 1.807) is 19.2 Å². The minimum absolute atomic E-state index is 0.0183. The number of fused-ring (bicyclic) bond motifs is 9. The zero-order valence-corrected chi connectivity index (χ0v) is 37.8. The number of benzene rings is 4. The molecule has 2 aliphatic heterocycles. The zero-order valence-electron chi connectivity index (χ0n) is 37.8. The van der Waals surface area contributed by atoms with Gasteiger partial charge in [-0.05, 0) is 139 Å². The number of nitrogens with one attached hydrogen (secondary N) is 4. The molecule has 5 atom stereocenters. The minimum atomic E-state index is -0.974. The number of phenolic OH excluding ortho intramolecular Hbond substituents is 2. The monoisotopic (exact) mass is 874 g/mol. The van der Waals surface area contributed by atoms with Gasteiger partial charge in [-0.15, -0.1) is 0 Å². The van der Waals surface area contributed by atoms with Crippen LogP contribution in [0.4, 0.5) is 0 Å². The van der Waals surface area contributed by atoms with E-state index in [4.69, 9.17) is 18.9 Å². The lowest BCUT2D eigenvalue weighted by molar-refractivity contribution is -0.131. The summed E-state index contributed by atoms with van der Waals surface area (Å²) >= 11 is 0. The van der Waals surface area contributed by atoms with Crippen LogP contribution in [0.3, 0.4) is 0 Å². The highest BCUT2D eigenvalue weighted by molar-refractivity contribution is 5.85. The van der Waals surface area contributed by atoms with Crippen LogP contribution in [0.25, 0.3) is 22.0 Å². The summed E-state index contributed by atoms with van der Waals surface area (Å²) in [6.07, 6.45) is 9.41. The Hall–Kier alpha value is -4.82. The minimum Gasteiger partial charge on any atom is -0.508 e. The van der Waals surface area contributed by atoms with Gasteiger partial charge in [-0.3, -0.25) is 5.32 Å². The summed E-state index contributed by atoms with van der Waals surface area (Å²) in [5.74, 6) is 2.48. The Morgan fingerprint density at radius 2 is 1.78 bits per heavy atom. The Labute approximate surface area is 376 Å². The summed E-state index contributed by atoms with van der Waals surface area (Å²) in [5, 5.41) is 55.5. The molecule has 2 aliphatic carbocycles. The van der Waals surface area contributed by atoms with Crippen LogP contribution in [0, 0.1) is 5.92 Å². The van der Waals surface area contributed by atoms with E-state index in [2.05, 4.69) is 59.0 Å². The number of H-pyrrole nitrogens is 1. The van der Waals surface area contributed by atoms with Crippen LogP contribution in [0.5, 0.6) is 28.7 Å². The Kier molecular flexibility index (Phi) is 12.9. The third-order valence-electron chi connectivity index (χ3n) is 14.0. The Balaban J connectivity index is 1.17. The number of hydrogen-bond acceptors (Lipinski definition) is 11. The van der Waals surface area contributed by atoms with Crippen molar-refractivity contribution in [1.82, 2.24) is 20.9 Å². The lowest BCUT2D eigenvalue weighted by atomic mass is 9.70. The van der Waals surface area contributed by atoms with Gasteiger partial charge in [-0.25, -0.2) is 0 Å². The van der Waals surface area contributed by atoms with Crippen LogP contribution in [0.2, 0.25) is 0 Å². The molecule has 0 bridgehead atoms. The van der Waals surface area contributed by atoms with Crippen LogP contribution in [0.15, 0.2) is 66.9 Å². The molecule has 4 aromatic carbocycles. The second-order valence-corrected chi connectivity index (χ2v) is 19.5. The molecule has 3 heterocycles. The Morgan fingerprint density at radius 3 is 2.58 bits per heavy atom. The molecular formula is C52H66N4O8. The summed E-state index contributed by atoms with van der Waals surface area (Å²) in [6.45, 7) is 7.57. The molecule has 0 spiro atoms. The van der Waals surface area contributed by atoms with E-state index in [1.807, 2.05) is 37.4 Å². The van der Waals surface area contributed by atoms with Crippen molar-refractivity contribution in [3.05, 3.63) is 100 Å². The number of phenols is 2. The molecule has 12 heteroatoms. The third kappa shape index (κ3) is 9.05. The van der Waals surface area contributed by atoms with Crippen molar-refractivity contribution in [1.29, 1.82) is 0 Å². The van der Waals surface area contributed by atoms with E-state index in [1.165, 1.54) is 18.4 Å². The maximum Gasteiger partial charge on any atom is 0.160 e. The number of aromatic amines is 1. The molecule has 9 rings (SSSR count). The largest absolute Gasteiger partial charge is 0.508 e. The fourth-order valence-corrected chi connectivity index (χ4v) is 11.1. The van der Waals surface area contributed by atoms with Crippen LogP contribution >= 0.6 is 0 Å². The number of methoxy groups -OCH3 is 1. The first-order chi connectivity index (χ1) is 30.9. The maximum absolute atomic E-state index is 11.1. The molecule has 1 aromatic heterocycles. The van der Waals surface area contributed by atoms with Crippen LogP contribution in [0.1, 0.15) is 105 Å². The number of aromatic hydroxyl groups is 2. The van der Waals surface area contributed by atoms with Gasteiger partial charge in [0.1, 0.15) is 29.0 Å². The van der Waals surface area contributed by atoms with Gasteiger partial charge in [0, 0.05) is 60.6 Å². The van der Waals surface area contributed by atoms with Gasteiger partial charge in [0.05, 0.1) is 26.0 Å². The van der Waals surface area contributed by atoms with E-state index in [-0.39, 0.29) is 30.1 Å². The molecule has 1 fully saturated rings. The molecule has 12 nitrogen and oxygen atoms in total. The number of aromatic nitrogens is 1. The predicted molar refractivity (Wildman–Crippen MR) is 249 cm³/mol. The predicted octanol–water partition coefficient (Wildman–Crippen LogP) is 7.68. The normalized spacial score (nSPS) is 22.6. The number of aliphatic hydroxyl groups excluding tert-OH is 1. The van der Waals surface area contributed by atoms with Gasteiger partial charge >= 0.3 is 0 Å². The Bertz CT molecular complexity index is 2440. The van der Waals surface area contributed by atoms with Crippen LogP contribution in [-0.2, 0) is 30.4 Å². The summed E-state index contributed by atoms with van der Waals surface area (Å²) in [5.41, 5.74) is 7.49. The van der Waals surface area contributed by atoms with Crippen molar-refractivity contribution in [2.24, 2.45) is 5.92 Å². The highest BCUT2D eigenvalue weighted by Gasteiger charge is 2.50. The molecule has 5 aromatic rings. The second-order valence-electron chi connectivity index (χ2n) is 19.5. The topological polar surface area (TPSA) is 170 Å². The molecule has 0 radical (unpaired) electrons. The number of rotatable bonds is 17. The Morgan fingerprint density at radius 1 is 0.938 bits per heavy atom. The average molecular weight is 875 g/mol. The van der Waals surface area contributed by atoms with Crippen molar-refractivity contribution in [2.45, 2.75) is 120 Å². The molecule has 0 saturated heterocycles. The zero-order chi connectivity index (χ0) is 44.6. The average Bonchev–Trinajstić information content (AvgIpc) is 3.98. The SMILES string of the molecule is COc1cc([C@H]2Oc3c(c4c(c5c3CC[C@H](CO)O5)-c3ccc(O)cc3[C@@H](Cc3ccc5[nH]ccc5c3)C4)C[C@@]2(CNCNC[C@@](C)(O)CC(C)C)OCNC2CCCC2)ccc1O. The highest BCUT2D eigenvalue weighted by atomic mass is 16.6. The van der Waals surface area contributed by atoms with E-state index in [0.717, 1.165) is 80.6 Å². The molecule has 4 aliphatic rings. The molecule has 1 saturated carbocycles.